The van der Waals surface area contributed by atoms with E-state index in [1.54, 1.807) is 0 Å². The smallest absolute Gasteiger partial charge is 0.325 e. The van der Waals surface area contributed by atoms with Crippen molar-refractivity contribution in [3.63, 3.8) is 0 Å². The molecule has 6 rings (SSSR count). The van der Waals surface area contributed by atoms with Gasteiger partial charge in [-0.1, -0.05) is 0 Å². The number of hydrogen-bond donors (Lipinski definition) is 6. The minimum atomic E-state index is -4.64. The Morgan fingerprint density at radius 2 is 1.93 bits per heavy atom. The highest BCUT2D eigenvalue weighted by atomic mass is 32.5. The number of alkyl halides is 2. The number of aromatic nitrogens is 8. The van der Waals surface area contributed by atoms with Crippen molar-refractivity contribution in [1.29, 1.82) is 0 Å². The molecule has 0 aliphatic carbocycles. The van der Waals surface area contributed by atoms with Gasteiger partial charge in [0.05, 0.1) is 19.5 Å². The molecular weight excluding hydrogens is 628 g/mol. The fraction of sp³-hybridized carbons (Fsp3) is 0.400. The summed E-state index contributed by atoms with van der Waals surface area (Å²) in [7, 11) is 0. The summed E-state index contributed by atoms with van der Waals surface area (Å²) < 4.78 is 68.6. The third kappa shape index (κ3) is 4.90. The van der Waals surface area contributed by atoms with E-state index in [9.17, 15) is 24.3 Å². The number of aliphatic hydroxyl groups is 2. The Bertz CT molecular complexity index is 1870. The minimum absolute atomic E-state index is 0.00508. The van der Waals surface area contributed by atoms with Crippen LogP contribution in [0.2, 0.25) is 0 Å². The van der Waals surface area contributed by atoms with Gasteiger partial charge >= 0.3 is 12.6 Å². The fourth-order valence-electron chi connectivity index (χ4n) is 4.53. The van der Waals surface area contributed by atoms with Crippen LogP contribution in [-0.2, 0) is 30.3 Å². The Balaban J connectivity index is 1.22. The van der Waals surface area contributed by atoms with Crippen LogP contribution < -0.4 is 17.0 Å². The van der Waals surface area contributed by atoms with E-state index in [-0.39, 0.29) is 34.1 Å². The number of hydrogen-bond acceptors (Lipinski definition) is 15. The molecule has 0 saturated carbocycles. The quantitative estimate of drug-likeness (QED) is 0.127. The number of nitrogen functional groups attached to an aromatic ring is 2. The molecule has 0 bridgehead atoms. The number of nitrogens with zero attached hydrogens (tertiary/aromatic N) is 7. The van der Waals surface area contributed by atoms with E-state index < -0.39 is 73.8 Å². The molecule has 1 saturated heterocycles. The second-order valence-electron chi connectivity index (χ2n) is 9.24. The van der Waals surface area contributed by atoms with Crippen molar-refractivity contribution in [2.45, 2.75) is 36.6 Å². The molecule has 4 aromatic heterocycles. The lowest BCUT2D eigenvalue weighted by Gasteiger charge is -2.28. The number of ether oxygens (including phenoxy) is 2. The molecule has 18 nitrogen and oxygen atoms in total. The lowest BCUT2D eigenvalue weighted by Crippen LogP contribution is -2.42. The summed E-state index contributed by atoms with van der Waals surface area (Å²) in [5.41, 5.74) is 10.2. The molecule has 0 amide bonds. The molecule has 6 heterocycles. The van der Waals surface area contributed by atoms with Crippen molar-refractivity contribution >= 4 is 58.5 Å². The lowest BCUT2D eigenvalue weighted by atomic mass is 10.1. The monoisotopic (exact) mass is 648 g/mol. The molecular formula is C20H20F3N10O8PS. The fourth-order valence-corrected chi connectivity index (χ4v) is 5.91. The summed E-state index contributed by atoms with van der Waals surface area (Å²) in [6.07, 6.45) is -6.68. The van der Waals surface area contributed by atoms with Crippen LogP contribution in [0.4, 0.5) is 24.9 Å². The maximum atomic E-state index is 15.3. The molecule has 0 spiro atoms. The maximum Gasteiger partial charge on any atom is 0.325 e. The summed E-state index contributed by atoms with van der Waals surface area (Å²) in [5, 5.41) is 19.9. The summed E-state index contributed by atoms with van der Waals surface area (Å²) in [4.78, 5) is 44.5. The van der Waals surface area contributed by atoms with Gasteiger partial charge in [-0.15, -0.1) is 0 Å². The second-order valence-corrected chi connectivity index (χ2v) is 12.0. The van der Waals surface area contributed by atoms with Crippen LogP contribution in [0.3, 0.4) is 0 Å². The Hall–Kier alpha value is -3.76. The van der Waals surface area contributed by atoms with E-state index in [0.717, 1.165) is 28.1 Å². The molecule has 43 heavy (non-hydrogen) atoms. The van der Waals surface area contributed by atoms with Gasteiger partial charge in [0.25, 0.3) is 5.56 Å². The molecule has 230 valence electrons. The normalized spacial score (nSPS) is 26.8. The summed E-state index contributed by atoms with van der Waals surface area (Å²) in [6.45, 7) is -6.64. The average molecular weight is 648 g/mol. The van der Waals surface area contributed by atoms with Crippen molar-refractivity contribution in [3.8, 4) is 0 Å². The lowest BCUT2D eigenvalue weighted by molar-refractivity contribution is -0.120. The topological polar surface area (TPSA) is 257 Å². The van der Waals surface area contributed by atoms with Crippen LogP contribution in [0.1, 0.15) is 6.23 Å². The predicted molar refractivity (Wildman–Crippen MR) is 141 cm³/mol. The van der Waals surface area contributed by atoms with Crippen molar-refractivity contribution in [2.75, 3.05) is 24.7 Å². The highest BCUT2D eigenvalue weighted by Gasteiger charge is 2.62. The number of imidazole rings is 2. The first-order valence-corrected chi connectivity index (χ1v) is 14.6. The van der Waals surface area contributed by atoms with E-state index in [1.807, 2.05) is 0 Å². The summed E-state index contributed by atoms with van der Waals surface area (Å²) >= 11 is 4.93. The zero-order valence-electron chi connectivity index (χ0n) is 21.2. The third-order valence-corrected chi connectivity index (χ3v) is 8.11. The number of halogens is 3. The molecule has 1 unspecified atom stereocenters. The first kappa shape index (κ1) is 29.3. The van der Waals surface area contributed by atoms with Crippen LogP contribution in [0.25, 0.3) is 28.2 Å². The Morgan fingerprint density at radius 3 is 2.67 bits per heavy atom. The molecule has 0 aromatic carbocycles. The number of aliphatic hydroxyl groups excluding tert-OH is 2. The van der Waals surface area contributed by atoms with Crippen molar-refractivity contribution < 1.29 is 46.8 Å². The minimum Gasteiger partial charge on any atom is -0.468 e. The Labute approximate surface area is 241 Å². The van der Waals surface area contributed by atoms with Crippen LogP contribution in [-0.4, -0.2) is 97.7 Å². The van der Waals surface area contributed by atoms with Crippen LogP contribution in [0.15, 0.2) is 29.6 Å². The zero-order valence-corrected chi connectivity index (χ0v) is 22.9. The maximum absolute atomic E-state index is 15.3. The second kappa shape index (κ2) is 10.4. The third-order valence-electron chi connectivity index (χ3n) is 6.57. The largest absolute Gasteiger partial charge is 0.468 e. The molecule has 4 aromatic rings. The molecule has 6 atom stereocenters. The van der Waals surface area contributed by atoms with Gasteiger partial charge in [-0.25, -0.2) is 33.1 Å². The van der Waals surface area contributed by atoms with Gasteiger partial charge in [-0.05, 0) is 11.8 Å². The summed E-state index contributed by atoms with van der Waals surface area (Å²) in [6, 6.07) is 0. The Kier molecular flexibility index (Phi) is 7.12. The van der Waals surface area contributed by atoms with Gasteiger partial charge in [-0.2, -0.15) is 4.98 Å². The van der Waals surface area contributed by atoms with Gasteiger partial charge in [0.15, 0.2) is 52.4 Å². The first-order chi connectivity index (χ1) is 20.3. The van der Waals surface area contributed by atoms with Crippen LogP contribution >= 0.6 is 6.72 Å². The number of nitrogens with one attached hydrogen (secondary N) is 1. The van der Waals surface area contributed by atoms with Gasteiger partial charge in [0.1, 0.15) is 24.9 Å². The first-order valence-electron chi connectivity index (χ1n) is 12.0. The highest BCUT2D eigenvalue weighted by molar-refractivity contribution is 8.07. The molecule has 2 aliphatic heterocycles. The van der Waals surface area contributed by atoms with Gasteiger partial charge in [0, 0.05) is 0 Å². The van der Waals surface area contributed by atoms with E-state index in [0.29, 0.717) is 0 Å². The van der Waals surface area contributed by atoms with Crippen LogP contribution in [0.5, 0.6) is 0 Å². The van der Waals surface area contributed by atoms with Crippen molar-refractivity contribution in [1.82, 2.24) is 39.0 Å². The average Bonchev–Trinajstić information content (AvgIpc) is 3.68. The number of H-pyrrole nitrogens is 1. The van der Waals surface area contributed by atoms with E-state index >= 15 is 8.78 Å². The molecule has 23 heteroatoms. The molecule has 1 fully saturated rings. The zero-order chi connectivity index (χ0) is 30.8. The Morgan fingerprint density at radius 1 is 1.19 bits per heavy atom. The van der Waals surface area contributed by atoms with E-state index in [1.165, 1.54) is 0 Å². The predicted octanol–water partition coefficient (Wildman–Crippen LogP) is -0.877. The van der Waals surface area contributed by atoms with E-state index in [4.69, 9.17) is 41.8 Å². The highest BCUT2D eigenvalue weighted by Crippen LogP contribution is 2.54. The van der Waals surface area contributed by atoms with Gasteiger partial charge in [-0.3, -0.25) is 23.4 Å². The standard InChI is InChI=1S/C20H20F3N10O8PS/c21-8-11(35)6(39-17(8)32-4-28-9-13(24)26-3-27-14(9)32)2-38-42(37,43)41-12-18(40-7(1-34)20(12,22)23)33-5-29-10-15(33)30-19(25)31-16(10)36/h3-7,11-12,18,34-35H,1-2H2,(H,37,43)(H2,24,26,27)(H3,25,30,31,36)/t6-,7-,11-,12+,18-,42?/m1/s1. The molecule has 2 aliphatic rings. The number of fused-ring (bicyclic) bond motifs is 2. The SMILES string of the molecule is Nc1nc2c(ncn2[C@@H]2O[C@H](CO)C(F)(F)[C@H]2OP(O)(=S)OC[C@H]2OC(n3cnc4c(N)ncnc43)=C(F)[C@@H]2O)c(=O)[nH]1. The number of rotatable bonds is 8. The molecule has 0 radical (unpaired) electrons. The van der Waals surface area contributed by atoms with E-state index in [2.05, 4.69) is 29.9 Å². The summed E-state index contributed by atoms with van der Waals surface area (Å²) in [5.74, 6) is -6.01. The van der Waals surface area contributed by atoms with Crippen molar-refractivity contribution in [2.24, 2.45) is 0 Å². The number of anilines is 2. The molecule has 8 N–H and O–H groups in total. The van der Waals surface area contributed by atoms with Gasteiger partial charge in [0.2, 0.25) is 11.8 Å². The van der Waals surface area contributed by atoms with Crippen molar-refractivity contribution in [3.05, 3.63) is 35.2 Å². The van der Waals surface area contributed by atoms with Crippen LogP contribution in [0, 0.1) is 0 Å². The van der Waals surface area contributed by atoms with Gasteiger partial charge < -0.3 is 40.6 Å². The number of aromatic amines is 1. The number of nitrogens with two attached hydrogens (primary N) is 2.